The summed E-state index contributed by atoms with van der Waals surface area (Å²) in [5.41, 5.74) is 13.4. The van der Waals surface area contributed by atoms with E-state index < -0.39 is 0 Å². The van der Waals surface area contributed by atoms with Crippen LogP contribution in [0.3, 0.4) is 0 Å². The second kappa shape index (κ2) is 13.4. The molecule has 8 aromatic rings. The largest absolute Gasteiger partial charge is 0.486 e. The van der Waals surface area contributed by atoms with Crippen LogP contribution in [0.5, 0.6) is 0 Å². The van der Waals surface area contributed by atoms with Crippen LogP contribution in [-0.4, -0.2) is 15.0 Å². The minimum atomic E-state index is 0. The van der Waals surface area contributed by atoms with Gasteiger partial charge < -0.3 is 14.4 Å². The van der Waals surface area contributed by atoms with E-state index in [-0.39, 0.29) is 20.1 Å². The Labute approximate surface area is 288 Å². The Morgan fingerprint density at radius 2 is 1.53 bits per heavy atom. The third-order valence-corrected chi connectivity index (χ3v) is 8.58. The van der Waals surface area contributed by atoms with Crippen LogP contribution in [0.2, 0.25) is 0 Å². The molecule has 4 aromatic carbocycles. The Kier molecular flexibility index (Phi) is 9.13. The van der Waals surface area contributed by atoms with Crippen LogP contribution in [0.1, 0.15) is 27.9 Å². The smallest absolute Gasteiger partial charge is 0.216 e. The predicted octanol–water partition coefficient (Wildman–Crippen LogP) is 10.8. The van der Waals surface area contributed by atoms with Gasteiger partial charge in [0.05, 0.1) is 5.58 Å². The average molecular weight is 788 g/mol. The fourth-order valence-corrected chi connectivity index (χ4v) is 5.81. The van der Waals surface area contributed by atoms with Crippen molar-refractivity contribution >= 4 is 32.8 Å². The first-order valence-corrected chi connectivity index (χ1v) is 15.4. The monoisotopic (exact) mass is 788 g/mol. The molecule has 4 heterocycles. The van der Waals surface area contributed by atoms with E-state index in [1.54, 1.807) is 0 Å². The maximum atomic E-state index is 6.16. The molecule has 5 heteroatoms. The first-order chi connectivity index (χ1) is 22.4. The standard InChI is InChI=1S/C28H19N2O.C14H14N.Ir/c1-17-10-12-24-23-8-5-9-25(27(23)31-28(24)30-17)26-16-20(14-15-29-26)22-13-11-19-6-3-4-7-21(19)18(22)2;1-10-4-6-13(7-5-10)14-8-11(2)12(3)9-15-14;/h3-8,10-16H,1-2H3;4-6,8-9H,1-3H3;/q2*-1;. The van der Waals surface area contributed by atoms with Crippen LogP contribution in [0.25, 0.3) is 66.5 Å². The van der Waals surface area contributed by atoms with Gasteiger partial charge in [-0.2, -0.15) is 0 Å². The van der Waals surface area contributed by atoms with E-state index in [1.165, 1.54) is 38.6 Å². The van der Waals surface area contributed by atoms with Gasteiger partial charge in [-0.3, -0.25) is 0 Å². The molecule has 0 atom stereocenters. The summed E-state index contributed by atoms with van der Waals surface area (Å²) in [5.74, 6) is 0. The summed E-state index contributed by atoms with van der Waals surface area (Å²) >= 11 is 0. The number of hydrogen-bond donors (Lipinski definition) is 0. The van der Waals surface area contributed by atoms with Crippen LogP contribution in [0.15, 0.2) is 114 Å². The molecule has 0 bridgehead atoms. The van der Waals surface area contributed by atoms with Gasteiger partial charge in [-0.25, -0.2) is 4.98 Å². The van der Waals surface area contributed by atoms with Gasteiger partial charge in [0.1, 0.15) is 0 Å². The number of pyridine rings is 3. The van der Waals surface area contributed by atoms with Gasteiger partial charge in [-0.05, 0) is 90.3 Å². The number of benzene rings is 4. The molecule has 0 N–H and O–H groups in total. The van der Waals surface area contributed by atoms with Gasteiger partial charge in [0.15, 0.2) is 0 Å². The van der Waals surface area contributed by atoms with Gasteiger partial charge in [-0.1, -0.05) is 72.0 Å². The van der Waals surface area contributed by atoms with Crippen LogP contribution in [0.4, 0.5) is 0 Å². The van der Waals surface area contributed by atoms with Gasteiger partial charge in [-0.15, -0.1) is 53.6 Å². The van der Waals surface area contributed by atoms with Crippen LogP contribution in [0, 0.1) is 46.8 Å². The SMILES string of the molecule is Cc1c[c-]c(-c2cc(C)c(C)cn2)cc1.Cc1ccc2c(n1)oc1c(-c3cc(-c4ccc5ccccc5c4C)ccn3)[c-]ccc12.[Ir]. The molecule has 0 fully saturated rings. The number of hydrogen-bond acceptors (Lipinski definition) is 4. The molecule has 47 heavy (non-hydrogen) atoms. The van der Waals surface area contributed by atoms with Crippen molar-refractivity contribution in [3.05, 3.63) is 150 Å². The van der Waals surface area contributed by atoms with Crippen molar-refractivity contribution in [2.45, 2.75) is 34.6 Å². The average Bonchev–Trinajstić information content (AvgIpc) is 3.45. The van der Waals surface area contributed by atoms with Gasteiger partial charge in [0.25, 0.3) is 0 Å². The molecular formula is C42H33IrN3O-2. The number of nitrogens with zero attached hydrogens (tertiary/aromatic N) is 3. The molecule has 0 saturated heterocycles. The van der Waals surface area contributed by atoms with Gasteiger partial charge in [0, 0.05) is 43.6 Å². The molecule has 1 radical (unpaired) electrons. The third-order valence-electron chi connectivity index (χ3n) is 8.58. The fourth-order valence-electron chi connectivity index (χ4n) is 5.81. The Hall–Kier alpha value is -4.96. The van der Waals surface area contributed by atoms with Crippen molar-refractivity contribution in [2.75, 3.05) is 0 Å². The number of rotatable bonds is 3. The maximum absolute atomic E-state index is 6.16. The topological polar surface area (TPSA) is 51.8 Å². The minimum Gasteiger partial charge on any atom is -0.486 e. The van der Waals surface area contributed by atoms with Crippen LogP contribution >= 0.6 is 0 Å². The molecule has 0 unspecified atom stereocenters. The predicted molar refractivity (Wildman–Crippen MR) is 189 cm³/mol. The van der Waals surface area contributed by atoms with E-state index in [1.807, 2.05) is 43.6 Å². The molecule has 0 saturated carbocycles. The Balaban J connectivity index is 0.000000204. The van der Waals surface area contributed by atoms with Crippen molar-refractivity contribution in [3.8, 4) is 33.6 Å². The van der Waals surface area contributed by atoms with E-state index in [0.717, 1.165) is 50.1 Å². The number of aryl methyl sites for hydroxylation is 5. The first-order valence-electron chi connectivity index (χ1n) is 15.4. The van der Waals surface area contributed by atoms with Crippen LogP contribution < -0.4 is 0 Å². The zero-order chi connectivity index (χ0) is 31.8. The Morgan fingerprint density at radius 1 is 0.681 bits per heavy atom. The first kappa shape index (κ1) is 32.0. The molecular weight excluding hydrogens is 755 g/mol. The van der Waals surface area contributed by atoms with Crippen molar-refractivity contribution in [3.63, 3.8) is 0 Å². The fraction of sp³-hybridized carbons (Fsp3) is 0.119. The quantitative estimate of drug-likeness (QED) is 0.167. The number of fused-ring (bicyclic) bond motifs is 4. The van der Waals surface area contributed by atoms with E-state index in [0.29, 0.717) is 5.71 Å². The van der Waals surface area contributed by atoms with Crippen molar-refractivity contribution < 1.29 is 24.5 Å². The molecule has 233 valence electrons. The third kappa shape index (κ3) is 6.38. The Morgan fingerprint density at radius 3 is 2.34 bits per heavy atom. The van der Waals surface area contributed by atoms with Crippen molar-refractivity contribution in [1.29, 1.82) is 0 Å². The second-order valence-corrected chi connectivity index (χ2v) is 11.8. The summed E-state index contributed by atoms with van der Waals surface area (Å²) in [6.07, 6.45) is 3.77. The van der Waals surface area contributed by atoms with E-state index in [2.05, 4.69) is 128 Å². The molecule has 4 aromatic heterocycles. The molecule has 0 aliphatic carbocycles. The Bertz CT molecular complexity index is 2370. The molecule has 0 amide bonds. The number of furan rings is 1. The molecule has 0 aliphatic heterocycles. The molecule has 4 nitrogen and oxygen atoms in total. The summed E-state index contributed by atoms with van der Waals surface area (Å²) in [5, 5.41) is 4.56. The van der Waals surface area contributed by atoms with Crippen LogP contribution in [-0.2, 0) is 20.1 Å². The zero-order valence-corrected chi connectivity index (χ0v) is 29.4. The maximum Gasteiger partial charge on any atom is 0.216 e. The summed E-state index contributed by atoms with van der Waals surface area (Å²) < 4.78 is 6.16. The second-order valence-electron chi connectivity index (χ2n) is 11.8. The zero-order valence-electron chi connectivity index (χ0n) is 27.0. The summed E-state index contributed by atoms with van der Waals surface area (Å²) in [7, 11) is 0. The van der Waals surface area contributed by atoms with Gasteiger partial charge >= 0.3 is 0 Å². The minimum absolute atomic E-state index is 0. The molecule has 0 spiro atoms. The van der Waals surface area contributed by atoms with Gasteiger partial charge in [0.2, 0.25) is 5.71 Å². The molecule has 0 aliphatic rings. The summed E-state index contributed by atoms with van der Waals surface area (Å²) in [6.45, 7) is 10.4. The van der Waals surface area contributed by atoms with Crippen molar-refractivity contribution in [2.24, 2.45) is 0 Å². The van der Waals surface area contributed by atoms with E-state index in [9.17, 15) is 0 Å². The van der Waals surface area contributed by atoms with E-state index in [4.69, 9.17) is 4.42 Å². The van der Waals surface area contributed by atoms with Crippen molar-refractivity contribution in [1.82, 2.24) is 15.0 Å². The summed E-state index contributed by atoms with van der Waals surface area (Å²) in [6, 6.07) is 39.9. The normalized spacial score (nSPS) is 10.9. The number of aromatic nitrogens is 3. The van der Waals surface area contributed by atoms with E-state index >= 15 is 0 Å². The summed E-state index contributed by atoms with van der Waals surface area (Å²) in [4.78, 5) is 13.6. The molecule has 8 rings (SSSR count).